The maximum Gasteiger partial charge on any atom is 0.270 e. The van der Waals surface area contributed by atoms with Crippen LogP contribution in [0.25, 0.3) is 0 Å². The largest absolute Gasteiger partial charge is 0.493 e. The van der Waals surface area contributed by atoms with Gasteiger partial charge in [0.15, 0.2) is 0 Å². The van der Waals surface area contributed by atoms with Gasteiger partial charge in [-0.25, -0.2) is 0 Å². The smallest absolute Gasteiger partial charge is 0.270 e. The van der Waals surface area contributed by atoms with Gasteiger partial charge in [0.25, 0.3) is 5.69 Å². The van der Waals surface area contributed by atoms with Crippen LogP contribution in [0, 0.1) is 10.1 Å². The summed E-state index contributed by atoms with van der Waals surface area (Å²) in [5, 5.41) is 22.9. The Hall–Kier alpha value is -2.15. The molecule has 0 spiro atoms. The first kappa shape index (κ1) is 15.9. The number of benzene rings is 1. The summed E-state index contributed by atoms with van der Waals surface area (Å²) < 4.78 is 5.41. The highest BCUT2D eigenvalue weighted by atomic mass is 16.6. The van der Waals surface area contributed by atoms with Gasteiger partial charge < -0.3 is 15.2 Å². The number of nitrogens with zero attached hydrogens (tertiary/aromatic N) is 1. The minimum Gasteiger partial charge on any atom is -0.493 e. The van der Waals surface area contributed by atoms with Gasteiger partial charge in [0.1, 0.15) is 5.75 Å². The van der Waals surface area contributed by atoms with Crippen molar-refractivity contribution in [3.05, 3.63) is 33.9 Å². The number of hydrogen-bond acceptors (Lipinski definition) is 5. The maximum atomic E-state index is 11.3. The van der Waals surface area contributed by atoms with Crippen molar-refractivity contribution in [3.63, 3.8) is 0 Å². The van der Waals surface area contributed by atoms with Crippen LogP contribution in [0.1, 0.15) is 31.9 Å². The van der Waals surface area contributed by atoms with E-state index in [0.717, 1.165) is 0 Å². The molecule has 1 rings (SSSR count). The molecule has 0 aliphatic carbocycles. The summed E-state index contributed by atoms with van der Waals surface area (Å²) in [6.07, 6.45) is -0.710. The molecule has 0 radical (unpaired) electrons. The molecule has 0 aromatic heterocycles. The van der Waals surface area contributed by atoms with E-state index < -0.39 is 11.0 Å². The van der Waals surface area contributed by atoms with Crippen LogP contribution in [0.15, 0.2) is 18.2 Å². The second-order valence-corrected chi connectivity index (χ2v) is 4.21. The minimum absolute atomic E-state index is 0.114. The van der Waals surface area contributed by atoms with Crippen molar-refractivity contribution in [2.45, 2.75) is 26.4 Å². The van der Waals surface area contributed by atoms with Gasteiger partial charge in [-0.2, -0.15) is 0 Å². The third-order valence-corrected chi connectivity index (χ3v) is 2.61. The molecule has 1 aromatic carbocycles. The molecule has 7 nitrogen and oxygen atoms in total. The van der Waals surface area contributed by atoms with E-state index in [1.165, 1.54) is 25.1 Å². The highest BCUT2D eigenvalue weighted by Crippen LogP contribution is 2.29. The van der Waals surface area contributed by atoms with Crippen LogP contribution < -0.4 is 10.1 Å². The molecular formula is C13H18N2O5. The number of nitrogens with one attached hydrogen (secondary N) is 1. The van der Waals surface area contributed by atoms with E-state index in [1.807, 2.05) is 6.92 Å². The number of carbonyl (C=O) groups is 1. The molecule has 0 unspecified atom stereocenters. The number of nitro benzene ring substituents is 1. The quantitative estimate of drug-likeness (QED) is 0.583. The van der Waals surface area contributed by atoms with E-state index in [4.69, 9.17) is 4.74 Å². The first-order valence-corrected chi connectivity index (χ1v) is 6.31. The van der Waals surface area contributed by atoms with Gasteiger partial charge in [0, 0.05) is 24.2 Å². The van der Waals surface area contributed by atoms with Gasteiger partial charge in [0.05, 0.1) is 24.1 Å². The fourth-order valence-electron chi connectivity index (χ4n) is 1.65. The zero-order valence-corrected chi connectivity index (χ0v) is 11.5. The molecule has 110 valence electrons. The van der Waals surface area contributed by atoms with Gasteiger partial charge in [-0.3, -0.25) is 14.9 Å². The highest BCUT2D eigenvalue weighted by Gasteiger charge is 2.15. The molecule has 0 saturated carbocycles. The van der Waals surface area contributed by atoms with Crippen LogP contribution in [-0.4, -0.2) is 29.1 Å². The Morgan fingerprint density at radius 1 is 1.55 bits per heavy atom. The van der Waals surface area contributed by atoms with E-state index >= 15 is 0 Å². The maximum absolute atomic E-state index is 11.3. The molecule has 20 heavy (non-hydrogen) atoms. The number of ether oxygens (including phenoxy) is 1. The number of rotatable bonds is 7. The first-order chi connectivity index (χ1) is 9.45. The SMILES string of the molecule is CCNC(=O)CCOc1ccc([N+](=O)[O-])cc1[C@H](C)O. The molecule has 0 aliphatic heterocycles. The standard InChI is InChI=1S/C13H18N2O5/c1-3-14-13(17)6-7-20-12-5-4-10(15(18)19)8-11(12)9(2)16/h4-5,8-9,16H,3,6-7H2,1-2H3,(H,14,17)/t9-/m0/s1. The number of hydrogen-bond donors (Lipinski definition) is 2. The number of nitro groups is 1. The molecule has 2 N–H and O–H groups in total. The molecular weight excluding hydrogens is 264 g/mol. The summed E-state index contributed by atoms with van der Waals surface area (Å²) in [6.45, 7) is 4.01. The molecule has 0 heterocycles. The second-order valence-electron chi connectivity index (χ2n) is 4.21. The summed E-state index contributed by atoms with van der Waals surface area (Å²) in [6, 6.07) is 4.00. The fourth-order valence-corrected chi connectivity index (χ4v) is 1.65. The average molecular weight is 282 g/mol. The van der Waals surface area contributed by atoms with Crippen LogP contribution >= 0.6 is 0 Å². The summed E-state index contributed by atoms with van der Waals surface area (Å²) in [5.74, 6) is 0.211. The summed E-state index contributed by atoms with van der Waals surface area (Å²) >= 11 is 0. The van der Waals surface area contributed by atoms with Gasteiger partial charge in [-0.05, 0) is 19.9 Å². The number of aliphatic hydroxyl groups is 1. The van der Waals surface area contributed by atoms with Gasteiger partial charge in [-0.1, -0.05) is 0 Å². The van der Waals surface area contributed by atoms with E-state index in [0.29, 0.717) is 17.9 Å². The predicted molar refractivity (Wildman–Crippen MR) is 72.5 cm³/mol. The third-order valence-electron chi connectivity index (χ3n) is 2.61. The lowest BCUT2D eigenvalue weighted by molar-refractivity contribution is -0.385. The Balaban J connectivity index is 2.74. The molecule has 1 amide bonds. The monoisotopic (exact) mass is 282 g/mol. The highest BCUT2D eigenvalue weighted by molar-refractivity contribution is 5.75. The topological polar surface area (TPSA) is 102 Å². The number of non-ortho nitro benzene ring substituents is 1. The van der Waals surface area contributed by atoms with Crippen LogP contribution in [-0.2, 0) is 4.79 Å². The van der Waals surface area contributed by atoms with Gasteiger partial charge in [0.2, 0.25) is 5.91 Å². The lowest BCUT2D eigenvalue weighted by Gasteiger charge is -2.13. The number of carbonyl (C=O) groups excluding carboxylic acids is 1. The molecule has 0 saturated heterocycles. The van der Waals surface area contributed by atoms with E-state index in [1.54, 1.807) is 0 Å². The molecule has 7 heteroatoms. The van der Waals surface area contributed by atoms with E-state index in [2.05, 4.69) is 5.32 Å². The van der Waals surface area contributed by atoms with Crippen molar-refractivity contribution < 1.29 is 19.6 Å². The van der Waals surface area contributed by atoms with Crippen LogP contribution in [0.4, 0.5) is 5.69 Å². The Labute approximate surface area is 116 Å². The molecule has 1 aromatic rings. The third kappa shape index (κ3) is 4.51. The lowest BCUT2D eigenvalue weighted by atomic mass is 10.1. The van der Waals surface area contributed by atoms with E-state index in [-0.39, 0.29) is 24.6 Å². The summed E-state index contributed by atoms with van der Waals surface area (Å²) in [7, 11) is 0. The van der Waals surface area contributed by atoms with Crippen LogP contribution in [0.5, 0.6) is 5.75 Å². The zero-order valence-electron chi connectivity index (χ0n) is 11.5. The Bertz CT molecular complexity index is 488. The van der Waals surface area contributed by atoms with Crippen molar-refractivity contribution in [2.24, 2.45) is 0 Å². The van der Waals surface area contributed by atoms with Gasteiger partial charge >= 0.3 is 0 Å². The van der Waals surface area contributed by atoms with Crippen molar-refractivity contribution in [1.82, 2.24) is 5.32 Å². The number of amides is 1. The Morgan fingerprint density at radius 3 is 2.80 bits per heavy atom. The fraction of sp³-hybridized carbons (Fsp3) is 0.462. The molecule has 0 fully saturated rings. The van der Waals surface area contributed by atoms with Crippen LogP contribution in [0.2, 0.25) is 0 Å². The van der Waals surface area contributed by atoms with E-state index in [9.17, 15) is 20.0 Å². The second kappa shape index (κ2) is 7.44. The van der Waals surface area contributed by atoms with Crippen molar-refractivity contribution in [2.75, 3.05) is 13.2 Å². The molecule has 1 atom stereocenters. The van der Waals surface area contributed by atoms with Crippen molar-refractivity contribution in [3.8, 4) is 5.75 Å². The first-order valence-electron chi connectivity index (χ1n) is 6.31. The summed E-state index contributed by atoms with van der Waals surface area (Å²) in [4.78, 5) is 21.4. The average Bonchev–Trinajstić information content (AvgIpc) is 2.38. The lowest BCUT2D eigenvalue weighted by Crippen LogP contribution is -2.24. The van der Waals surface area contributed by atoms with Crippen molar-refractivity contribution >= 4 is 11.6 Å². The summed E-state index contributed by atoms with van der Waals surface area (Å²) in [5.41, 5.74) is 0.215. The number of aliphatic hydroxyl groups excluding tert-OH is 1. The predicted octanol–water partition coefficient (Wildman–Crippen LogP) is 1.55. The Morgan fingerprint density at radius 2 is 2.25 bits per heavy atom. The van der Waals surface area contributed by atoms with Gasteiger partial charge in [-0.15, -0.1) is 0 Å². The van der Waals surface area contributed by atoms with Crippen molar-refractivity contribution in [1.29, 1.82) is 0 Å². The minimum atomic E-state index is -0.894. The normalized spacial score (nSPS) is 11.8. The molecule has 0 bridgehead atoms. The Kier molecular flexibility index (Phi) is 5.92. The zero-order chi connectivity index (χ0) is 15.1. The molecule has 0 aliphatic rings. The van der Waals surface area contributed by atoms with Crippen LogP contribution in [0.3, 0.4) is 0 Å².